The van der Waals surface area contributed by atoms with Crippen molar-refractivity contribution in [2.45, 2.75) is 18.3 Å². The zero-order chi connectivity index (χ0) is 14.7. The molecule has 0 aliphatic heterocycles. The molecule has 1 nitrogen and oxygen atoms in total. The monoisotopic (exact) mass is 281 g/mol. The third-order valence-corrected chi connectivity index (χ3v) is 4.05. The second-order valence-corrected chi connectivity index (χ2v) is 5.54. The van der Waals surface area contributed by atoms with Crippen LogP contribution in [0.15, 0.2) is 60.7 Å². The van der Waals surface area contributed by atoms with Crippen molar-refractivity contribution < 1.29 is 4.39 Å². The van der Waals surface area contributed by atoms with Crippen LogP contribution in [0.4, 0.5) is 4.39 Å². The molecule has 0 spiro atoms. The van der Waals surface area contributed by atoms with E-state index >= 15 is 0 Å². The summed E-state index contributed by atoms with van der Waals surface area (Å²) in [6.45, 7) is 0.910. The van der Waals surface area contributed by atoms with Crippen molar-refractivity contribution in [1.82, 2.24) is 5.32 Å². The van der Waals surface area contributed by atoms with E-state index in [2.05, 4.69) is 41.7 Å². The third kappa shape index (κ3) is 3.22. The van der Waals surface area contributed by atoms with Gasteiger partial charge in [0, 0.05) is 11.8 Å². The van der Waals surface area contributed by atoms with Crippen molar-refractivity contribution in [2.24, 2.45) is 0 Å². The summed E-state index contributed by atoms with van der Waals surface area (Å²) < 4.78 is 13.6. The molecule has 1 unspecified atom stereocenters. The van der Waals surface area contributed by atoms with Crippen LogP contribution in [0, 0.1) is 5.82 Å². The minimum atomic E-state index is -0.163. The highest BCUT2D eigenvalue weighted by Crippen LogP contribution is 2.38. The fourth-order valence-electron chi connectivity index (χ4n) is 2.91. The summed E-state index contributed by atoms with van der Waals surface area (Å²) in [4.78, 5) is 0. The van der Waals surface area contributed by atoms with Gasteiger partial charge in [0.15, 0.2) is 0 Å². The fourth-order valence-corrected chi connectivity index (χ4v) is 2.91. The first-order chi connectivity index (χ1) is 10.3. The zero-order valence-corrected chi connectivity index (χ0v) is 12.2. The molecule has 1 atom stereocenters. The van der Waals surface area contributed by atoms with Gasteiger partial charge in [-0.1, -0.05) is 48.6 Å². The summed E-state index contributed by atoms with van der Waals surface area (Å²) in [5.41, 5.74) is 3.72. The van der Waals surface area contributed by atoms with Crippen LogP contribution in [0.5, 0.6) is 0 Å². The van der Waals surface area contributed by atoms with E-state index in [1.165, 1.54) is 17.2 Å². The van der Waals surface area contributed by atoms with Gasteiger partial charge in [0.05, 0.1) is 0 Å². The van der Waals surface area contributed by atoms with Crippen molar-refractivity contribution >= 4 is 0 Å². The van der Waals surface area contributed by atoms with Crippen LogP contribution in [0.1, 0.15) is 34.9 Å². The SMILES string of the molecule is CNCCC(c1cccc(F)c1)c1ccccc1C1C=C1. The summed E-state index contributed by atoms with van der Waals surface area (Å²) in [6, 6.07) is 15.5. The van der Waals surface area contributed by atoms with Gasteiger partial charge >= 0.3 is 0 Å². The van der Waals surface area contributed by atoms with E-state index in [1.807, 2.05) is 13.1 Å². The summed E-state index contributed by atoms with van der Waals surface area (Å²) in [7, 11) is 1.96. The predicted octanol–water partition coefficient (Wildman–Crippen LogP) is 4.22. The lowest BCUT2D eigenvalue weighted by Gasteiger charge is -2.21. The number of allylic oxidation sites excluding steroid dienone is 2. The van der Waals surface area contributed by atoms with Gasteiger partial charge in [-0.2, -0.15) is 0 Å². The number of nitrogens with one attached hydrogen (secondary N) is 1. The smallest absolute Gasteiger partial charge is 0.123 e. The van der Waals surface area contributed by atoms with Crippen molar-refractivity contribution in [1.29, 1.82) is 0 Å². The summed E-state index contributed by atoms with van der Waals surface area (Å²) in [5, 5.41) is 3.21. The molecule has 0 radical (unpaired) electrons. The predicted molar refractivity (Wildman–Crippen MR) is 85.1 cm³/mol. The van der Waals surface area contributed by atoms with E-state index in [4.69, 9.17) is 0 Å². The molecule has 0 amide bonds. The molecule has 1 N–H and O–H groups in total. The number of hydrogen-bond donors (Lipinski definition) is 1. The Morgan fingerprint density at radius 1 is 1.10 bits per heavy atom. The van der Waals surface area contributed by atoms with Crippen molar-refractivity contribution in [3.63, 3.8) is 0 Å². The Bertz CT molecular complexity index is 642. The maximum Gasteiger partial charge on any atom is 0.123 e. The van der Waals surface area contributed by atoms with Gasteiger partial charge in [0.25, 0.3) is 0 Å². The Balaban J connectivity index is 1.99. The number of benzene rings is 2. The maximum atomic E-state index is 13.6. The normalized spacial score (nSPS) is 15.1. The van der Waals surface area contributed by atoms with Gasteiger partial charge in [-0.15, -0.1) is 0 Å². The Labute approximate surface area is 125 Å². The van der Waals surface area contributed by atoms with E-state index in [0.717, 1.165) is 18.5 Å². The molecule has 2 aromatic carbocycles. The number of hydrogen-bond acceptors (Lipinski definition) is 1. The molecule has 0 bridgehead atoms. The van der Waals surface area contributed by atoms with Gasteiger partial charge in [0.2, 0.25) is 0 Å². The molecule has 3 rings (SSSR count). The third-order valence-electron chi connectivity index (χ3n) is 4.05. The highest BCUT2D eigenvalue weighted by molar-refractivity contribution is 5.47. The molecule has 2 aromatic rings. The topological polar surface area (TPSA) is 12.0 Å². The standard InChI is InChI=1S/C19H20FN/c1-21-12-11-18(15-5-4-6-16(20)13-15)19-8-3-2-7-17(19)14-9-10-14/h2-10,13-14,18,21H,11-12H2,1H3. The summed E-state index contributed by atoms with van der Waals surface area (Å²) >= 11 is 0. The van der Waals surface area contributed by atoms with E-state index in [-0.39, 0.29) is 11.7 Å². The Morgan fingerprint density at radius 3 is 2.62 bits per heavy atom. The number of halogens is 1. The van der Waals surface area contributed by atoms with Gasteiger partial charge in [0.1, 0.15) is 5.82 Å². The summed E-state index contributed by atoms with van der Waals surface area (Å²) in [5.74, 6) is 0.530. The molecule has 0 fully saturated rings. The Morgan fingerprint density at radius 2 is 1.90 bits per heavy atom. The highest BCUT2D eigenvalue weighted by atomic mass is 19.1. The Hall–Kier alpha value is -1.93. The first-order valence-electron chi connectivity index (χ1n) is 7.47. The van der Waals surface area contributed by atoms with Crippen LogP contribution in [0.2, 0.25) is 0 Å². The molecule has 1 aliphatic rings. The van der Waals surface area contributed by atoms with E-state index < -0.39 is 0 Å². The van der Waals surface area contributed by atoms with Gasteiger partial charge in [-0.05, 0) is 48.8 Å². The highest BCUT2D eigenvalue weighted by Gasteiger charge is 2.23. The molecule has 0 aromatic heterocycles. The van der Waals surface area contributed by atoms with Crippen LogP contribution >= 0.6 is 0 Å². The van der Waals surface area contributed by atoms with Crippen LogP contribution in [0.25, 0.3) is 0 Å². The van der Waals surface area contributed by atoms with Gasteiger partial charge in [-0.3, -0.25) is 0 Å². The molecule has 0 saturated carbocycles. The maximum absolute atomic E-state index is 13.6. The molecular weight excluding hydrogens is 261 g/mol. The van der Waals surface area contributed by atoms with Crippen LogP contribution < -0.4 is 5.32 Å². The second kappa shape index (κ2) is 6.23. The lowest BCUT2D eigenvalue weighted by molar-refractivity contribution is 0.615. The zero-order valence-electron chi connectivity index (χ0n) is 12.2. The first-order valence-corrected chi connectivity index (χ1v) is 7.47. The molecule has 108 valence electrons. The molecule has 0 heterocycles. The van der Waals surface area contributed by atoms with Crippen LogP contribution in [-0.4, -0.2) is 13.6 Å². The molecule has 2 heteroatoms. The lowest BCUT2D eigenvalue weighted by Crippen LogP contribution is -2.14. The minimum absolute atomic E-state index is 0.163. The van der Waals surface area contributed by atoms with Crippen LogP contribution in [-0.2, 0) is 0 Å². The van der Waals surface area contributed by atoms with Gasteiger partial charge < -0.3 is 5.32 Å². The van der Waals surface area contributed by atoms with Crippen molar-refractivity contribution in [2.75, 3.05) is 13.6 Å². The molecule has 1 aliphatic carbocycles. The second-order valence-electron chi connectivity index (χ2n) is 5.54. The average Bonchev–Trinajstić information content (AvgIpc) is 3.33. The quantitative estimate of drug-likeness (QED) is 0.782. The minimum Gasteiger partial charge on any atom is -0.320 e. The van der Waals surface area contributed by atoms with Gasteiger partial charge in [-0.25, -0.2) is 4.39 Å². The molecule has 0 saturated heterocycles. The fraction of sp³-hybridized carbons (Fsp3) is 0.263. The van der Waals surface area contributed by atoms with E-state index in [1.54, 1.807) is 12.1 Å². The van der Waals surface area contributed by atoms with E-state index in [9.17, 15) is 4.39 Å². The molecular formula is C19H20FN. The largest absolute Gasteiger partial charge is 0.320 e. The summed E-state index contributed by atoms with van der Waals surface area (Å²) in [6.07, 6.45) is 5.38. The molecule has 21 heavy (non-hydrogen) atoms. The first kappa shape index (κ1) is 14.0. The average molecular weight is 281 g/mol. The van der Waals surface area contributed by atoms with Crippen molar-refractivity contribution in [3.8, 4) is 0 Å². The number of rotatable bonds is 6. The van der Waals surface area contributed by atoms with Crippen LogP contribution in [0.3, 0.4) is 0 Å². The van der Waals surface area contributed by atoms with E-state index in [0.29, 0.717) is 5.92 Å². The van der Waals surface area contributed by atoms with Crippen molar-refractivity contribution in [3.05, 3.63) is 83.2 Å². The Kier molecular flexibility index (Phi) is 4.16. The lowest BCUT2D eigenvalue weighted by atomic mass is 9.84.